The Hall–Kier alpha value is -2.35. The maximum Gasteiger partial charge on any atom is 0.416 e. The van der Waals surface area contributed by atoms with E-state index in [1.54, 1.807) is 0 Å². The van der Waals surface area contributed by atoms with Gasteiger partial charge in [0.15, 0.2) is 9.84 Å². The Balaban J connectivity index is 2.06. The van der Waals surface area contributed by atoms with Crippen LogP contribution in [0.15, 0.2) is 53.4 Å². The van der Waals surface area contributed by atoms with Crippen LogP contribution in [0.4, 0.5) is 18.9 Å². The second-order valence-electron chi connectivity index (χ2n) is 5.22. The molecule has 0 aromatic heterocycles. The van der Waals surface area contributed by atoms with Crippen molar-refractivity contribution < 1.29 is 26.4 Å². The van der Waals surface area contributed by atoms with Gasteiger partial charge >= 0.3 is 6.18 Å². The molecule has 128 valence electrons. The zero-order valence-corrected chi connectivity index (χ0v) is 13.4. The highest BCUT2D eigenvalue weighted by Crippen LogP contribution is 2.29. The molecule has 0 spiro atoms. The van der Waals surface area contributed by atoms with Crippen LogP contribution in [0.3, 0.4) is 0 Å². The number of carbonyl (C=O) groups is 1. The third-order valence-electron chi connectivity index (χ3n) is 3.19. The van der Waals surface area contributed by atoms with Crippen LogP contribution < -0.4 is 5.32 Å². The smallest absolute Gasteiger partial charge is 0.326 e. The summed E-state index contributed by atoms with van der Waals surface area (Å²) < 4.78 is 60.6. The van der Waals surface area contributed by atoms with E-state index >= 15 is 0 Å². The van der Waals surface area contributed by atoms with E-state index in [1.165, 1.54) is 36.4 Å². The minimum absolute atomic E-state index is 0.110. The van der Waals surface area contributed by atoms with E-state index < -0.39 is 27.5 Å². The first-order chi connectivity index (χ1) is 11.1. The predicted molar refractivity (Wildman–Crippen MR) is 83.3 cm³/mol. The van der Waals surface area contributed by atoms with Gasteiger partial charge in [-0.2, -0.15) is 13.2 Å². The molecule has 2 aromatic rings. The summed E-state index contributed by atoms with van der Waals surface area (Å²) >= 11 is 0. The lowest BCUT2D eigenvalue weighted by molar-refractivity contribution is -0.137. The molecule has 0 fully saturated rings. The normalized spacial score (nSPS) is 12.0. The zero-order valence-electron chi connectivity index (χ0n) is 12.6. The van der Waals surface area contributed by atoms with E-state index in [9.17, 15) is 26.4 Å². The monoisotopic (exact) mass is 357 g/mol. The Morgan fingerprint density at radius 3 is 2.25 bits per heavy atom. The van der Waals surface area contributed by atoms with Gasteiger partial charge in [0.05, 0.1) is 16.9 Å². The largest absolute Gasteiger partial charge is 0.416 e. The van der Waals surface area contributed by atoms with Gasteiger partial charge in [0.25, 0.3) is 0 Å². The number of anilines is 1. The number of carbonyl (C=O) groups excluding carboxylic acids is 1. The molecule has 0 radical (unpaired) electrons. The molecule has 0 saturated carbocycles. The van der Waals surface area contributed by atoms with E-state index in [2.05, 4.69) is 5.32 Å². The van der Waals surface area contributed by atoms with Gasteiger partial charge in [-0.05, 0) is 35.9 Å². The van der Waals surface area contributed by atoms with Crippen LogP contribution in [-0.4, -0.2) is 20.6 Å². The summed E-state index contributed by atoms with van der Waals surface area (Å²) in [6.45, 7) is 0. The SMILES string of the molecule is CS(=O)(=O)c1ccc(NC(=O)Cc2cccc(C(F)(F)F)c2)cc1. The lowest BCUT2D eigenvalue weighted by atomic mass is 10.1. The first kappa shape index (κ1) is 18.0. The van der Waals surface area contributed by atoms with Gasteiger partial charge in [0.2, 0.25) is 5.91 Å². The van der Waals surface area contributed by atoms with Gasteiger partial charge < -0.3 is 5.32 Å². The highest BCUT2D eigenvalue weighted by atomic mass is 32.2. The van der Waals surface area contributed by atoms with Gasteiger partial charge in [0, 0.05) is 11.9 Å². The van der Waals surface area contributed by atoms with Crippen molar-refractivity contribution in [2.24, 2.45) is 0 Å². The summed E-state index contributed by atoms with van der Waals surface area (Å²) in [5, 5.41) is 2.51. The van der Waals surface area contributed by atoms with Crippen molar-refractivity contribution in [3.8, 4) is 0 Å². The number of amides is 1. The van der Waals surface area contributed by atoms with Crippen molar-refractivity contribution in [1.82, 2.24) is 0 Å². The summed E-state index contributed by atoms with van der Waals surface area (Å²) in [5.41, 5.74) is -0.222. The van der Waals surface area contributed by atoms with E-state index in [4.69, 9.17) is 0 Å². The van der Waals surface area contributed by atoms with Crippen LogP contribution in [0.1, 0.15) is 11.1 Å². The fourth-order valence-electron chi connectivity index (χ4n) is 2.03. The average Bonchev–Trinajstić information content (AvgIpc) is 2.46. The first-order valence-corrected chi connectivity index (χ1v) is 8.71. The molecule has 0 aliphatic carbocycles. The third kappa shape index (κ3) is 4.82. The first-order valence-electron chi connectivity index (χ1n) is 6.82. The molecule has 0 saturated heterocycles. The quantitative estimate of drug-likeness (QED) is 0.913. The Bertz CT molecular complexity index is 844. The number of nitrogens with one attached hydrogen (secondary N) is 1. The van der Waals surface area contributed by atoms with Crippen molar-refractivity contribution in [2.75, 3.05) is 11.6 Å². The van der Waals surface area contributed by atoms with Crippen molar-refractivity contribution >= 4 is 21.4 Å². The van der Waals surface area contributed by atoms with Gasteiger partial charge in [-0.3, -0.25) is 4.79 Å². The molecule has 0 aliphatic heterocycles. The van der Waals surface area contributed by atoms with Gasteiger partial charge in [-0.25, -0.2) is 8.42 Å². The number of hydrogen-bond donors (Lipinski definition) is 1. The molecular weight excluding hydrogens is 343 g/mol. The lowest BCUT2D eigenvalue weighted by Gasteiger charge is -2.09. The highest BCUT2D eigenvalue weighted by Gasteiger charge is 2.30. The second-order valence-corrected chi connectivity index (χ2v) is 7.24. The zero-order chi connectivity index (χ0) is 18.0. The summed E-state index contributed by atoms with van der Waals surface area (Å²) in [6, 6.07) is 10.1. The maximum atomic E-state index is 12.6. The molecule has 8 heteroatoms. The summed E-state index contributed by atoms with van der Waals surface area (Å²) in [5.74, 6) is -0.499. The molecule has 0 aliphatic rings. The molecule has 0 atom stereocenters. The number of halogens is 3. The predicted octanol–water partition coefficient (Wildman–Crippen LogP) is 3.29. The molecule has 1 N–H and O–H groups in total. The Morgan fingerprint density at radius 2 is 1.71 bits per heavy atom. The Morgan fingerprint density at radius 1 is 1.08 bits per heavy atom. The molecule has 0 bridgehead atoms. The van der Waals surface area contributed by atoms with Gasteiger partial charge in [-0.1, -0.05) is 18.2 Å². The molecular formula is C16H14F3NO3S. The van der Waals surface area contributed by atoms with E-state index in [0.717, 1.165) is 18.4 Å². The van der Waals surface area contributed by atoms with Gasteiger partial charge in [0.1, 0.15) is 0 Å². The molecule has 2 aromatic carbocycles. The van der Waals surface area contributed by atoms with Crippen molar-refractivity contribution in [1.29, 1.82) is 0 Å². The number of hydrogen-bond acceptors (Lipinski definition) is 3. The molecule has 2 rings (SSSR count). The Kier molecular flexibility index (Phi) is 4.98. The van der Waals surface area contributed by atoms with Crippen molar-refractivity contribution in [2.45, 2.75) is 17.5 Å². The second kappa shape index (κ2) is 6.64. The van der Waals surface area contributed by atoms with Gasteiger partial charge in [-0.15, -0.1) is 0 Å². The maximum absolute atomic E-state index is 12.6. The number of sulfone groups is 1. The van der Waals surface area contributed by atoms with Crippen LogP contribution in [0, 0.1) is 0 Å². The molecule has 0 heterocycles. The molecule has 24 heavy (non-hydrogen) atoms. The van der Waals surface area contributed by atoms with E-state index in [1.807, 2.05) is 0 Å². The fraction of sp³-hybridized carbons (Fsp3) is 0.188. The van der Waals surface area contributed by atoms with E-state index in [0.29, 0.717) is 5.69 Å². The van der Waals surface area contributed by atoms with Crippen molar-refractivity contribution in [3.63, 3.8) is 0 Å². The van der Waals surface area contributed by atoms with Crippen molar-refractivity contribution in [3.05, 3.63) is 59.7 Å². The third-order valence-corrected chi connectivity index (χ3v) is 4.31. The average molecular weight is 357 g/mol. The number of benzene rings is 2. The number of rotatable bonds is 4. The minimum Gasteiger partial charge on any atom is -0.326 e. The van der Waals surface area contributed by atoms with Crippen LogP contribution in [0.2, 0.25) is 0 Å². The molecule has 4 nitrogen and oxygen atoms in total. The lowest BCUT2D eigenvalue weighted by Crippen LogP contribution is -2.15. The van der Waals surface area contributed by atoms with Crippen LogP contribution in [-0.2, 0) is 27.2 Å². The fourth-order valence-corrected chi connectivity index (χ4v) is 2.66. The summed E-state index contributed by atoms with van der Waals surface area (Å²) in [6.07, 6.45) is -3.63. The highest BCUT2D eigenvalue weighted by molar-refractivity contribution is 7.90. The minimum atomic E-state index is -4.46. The molecule has 0 unspecified atom stereocenters. The molecule has 1 amide bonds. The summed E-state index contributed by atoms with van der Waals surface area (Å²) in [7, 11) is -3.33. The Labute approximate surface area is 137 Å². The number of alkyl halides is 3. The summed E-state index contributed by atoms with van der Waals surface area (Å²) in [4.78, 5) is 12.0. The van der Waals surface area contributed by atoms with Crippen LogP contribution >= 0.6 is 0 Å². The van der Waals surface area contributed by atoms with Crippen LogP contribution in [0.5, 0.6) is 0 Å². The standard InChI is InChI=1S/C16H14F3NO3S/c1-24(22,23)14-7-5-13(6-8-14)20-15(21)10-11-3-2-4-12(9-11)16(17,18)19/h2-9H,10H2,1H3,(H,20,21). The van der Waals surface area contributed by atoms with E-state index in [-0.39, 0.29) is 16.9 Å². The topological polar surface area (TPSA) is 63.2 Å². The van der Waals surface area contributed by atoms with Crippen LogP contribution in [0.25, 0.3) is 0 Å².